The molecule has 0 unspecified atom stereocenters. The molecule has 104 valence electrons. The number of carboxylic acids is 1. The molecule has 1 saturated carbocycles. The molecule has 7 heteroatoms. The number of amides is 2. The molecule has 1 heterocycles. The van der Waals surface area contributed by atoms with Gasteiger partial charge in [0.25, 0.3) is 0 Å². The van der Waals surface area contributed by atoms with Crippen LogP contribution in [0.2, 0.25) is 0 Å². The first-order valence-corrected chi connectivity index (χ1v) is 6.34. The third kappa shape index (κ3) is 3.46. The SMILES string of the molecule is CN(C(=O)Nc1cnn(CC(=O)O)c1)C1CCCC1. The molecule has 2 rings (SSSR count). The van der Waals surface area contributed by atoms with Gasteiger partial charge in [0.05, 0.1) is 11.9 Å². The van der Waals surface area contributed by atoms with E-state index in [0.29, 0.717) is 11.7 Å². The molecule has 0 saturated heterocycles. The van der Waals surface area contributed by atoms with Crippen molar-refractivity contribution < 1.29 is 14.7 Å². The van der Waals surface area contributed by atoms with Crippen molar-refractivity contribution in [1.82, 2.24) is 14.7 Å². The van der Waals surface area contributed by atoms with Crippen molar-refractivity contribution in [1.29, 1.82) is 0 Å². The summed E-state index contributed by atoms with van der Waals surface area (Å²) in [6.45, 7) is -0.214. The molecule has 1 aromatic rings. The predicted octanol–water partition coefficient (Wildman–Crippen LogP) is 1.37. The minimum atomic E-state index is -0.968. The molecular weight excluding hydrogens is 248 g/mol. The number of carbonyl (C=O) groups excluding carboxylic acids is 1. The lowest BCUT2D eigenvalue weighted by molar-refractivity contribution is -0.137. The van der Waals surface area contributed by atoms with Gasteiger partial charge in [-0.2, -0.15) is 5.10 Å². The minimum absolute atomic E-state index is 0.179. The van der Waals surface area contributed by atoms with Gasteiger partial charge in [-0.3, -0.25) is 9.48 Å². The van der Waals surface area contributed by atoms with E-state index in [-0.39, 0.29) is 12.6 Å². The van der Waals surface area contributed by atoms with Gasteiger partial charge in [0.15, 0.2) is 0 Å². The molecule has 1 aromatic heterocycles. The summed E-state index contributed by atoms with van der Waals surface area (Å²) in [4.78, 5) is 24.2. The van der Waals surface area contributed by atoms with Gasteiger partial charge in [-0.25, -0.2) is 4.79 Å². The maximum atomic E-state index is 12.0. The topological polar surface area (TPSA) is 87.5 Å². The van der Waals surface area contributed by atoms with Crippen molar-refractivity contribution in [3.05, 3.63) is 12.4 Å². The lowest BCUT2D eigenvalue weighted by Gasteiger charge is -2.24. The van der Waals surface area contributed by atoms with Crippen molar-refractivity contribution in [3.8, 4) is 0 Å². The Morgan fingerprint density at radius 3 is 2.84 bits per heavy atom. The Morgan fingerprint density at radius 2 is 2.21 bits per heavy atom. The number of aliphatic carboxylic acids is 1. The highest BCUT2D eigenvalue weighted by atomic mass is 16.4. The van der Waals surface area contributed by atoms with Gasteiger partial charge in [-0.15, -0.1) is 0 Å². The number of carboxylic acid groups (broad SMARTS) is 1. The van der Waals surface area contributed by atoms with Crippen LogP contribution in [-0.2, 0) is 11.3 Å². The fourth-order valence-electron chi connectivity index (χ4n) is 2.32. The second kappa shape index (κ2) is 5.73. The van der Waals surface area contributed by atoms with E-state index in [1.165, 1.54) is 29.9 Å². The summed E-state index contributed by atoms with van der Waals surface area (Å²) in [6.07, 6.45) is 7.37. The van der Waals surface area contributed by atoms with Gasteiger partial charge >= 0.3 is 12.0 Å². The van der Waals surface area contributed by atoms with Crippen LogP contribution in [0, 0.1) is 0 Å². The number of hydrogen-bond acceptors (Lipinski definition) is 3. The first-order valence-electron chi connectivity index (χ1n) is 6.34. The highest BCUT2D eigenvalue weighted by Crippen LogP contribution is 2.22. The number of anilines is 1. The first kappa shape index (κ1) is 13.4. The normalized spacial score (nSPS) is 15.4. The largest absolute Gasteiger partial charge is 0.480 e. The molecule has 1 aliphatic rings. The second-order valence-electron chi connectivity index (χ2n) is 4.80. The van der Waals surface area contributed by atoms with E-state index < -0.39 is 5.97 Å². The highest BCUT2D eigenvalue weighted by molar-refractivity contribution is 5.89. The van der Waals surface area contributed by atoms with Crippen molar-refractivity contribution in [2.45, 2.75) is 38.3 Å². The summed E-state index contributed by atoms with van der Waals surface area (Å²) in [5.41, 5.74) is 0.510. The van der Waals surface area contributed by atoms with E-state index in [9.17, 15) is 9.59 Å². The molecule has 2 N–H and O–H groups in total. The van der Waals surface area contributed by atoms with Crippen LogP contribution in [0.5, 0.6) is 0 Å². The monoisotopic (exact) mass is 266 g/mol. The fraction of sp³-hybridized carbons (Fsp3) is 0.583. The molecule has 0 aromatic carbocycles. The summed E-state index contributed by atoms with van der Waals surface area (Å²) in [6, 6.07) is 0.121. The Morgan fingerprint density at radius 1 is 1.53 bits per heavy atom. The van der Waals surface area contributed by atoms with Crippen LogP contribution < -0.4 is 5.32 Å². The zero-order valence-electron chi connectivity index (χ0n) is 10.9. The minimum Gasteiger partial charge on any atom is -0.480 e. The predicted molar refractivity (Wildman–Crippen MR) is 68.9 cm³/mol. The van der Waals surface area contributed by atoms with Crippen LogP contribution in [-0.4, -0.2) is 44.9 Å². The maximum Gasteiger partial charge on any atom is 0.325 e. The van der Waals surface area contributed by atoms with Crippen molar-refractivity contribution in [2.24, 2.45) is 0 Å². The Hall–Kier alpha value is -2.05. The molecule has 2 amide bonds. The third-order valence-electron chi connectivity index (χ3n) is 3.37. The van der Waals surface area contributed by atoms with E-state index in [0.717, 1.165) is 12.8 Å². The molecule has 0 aliphatic heterocycles. The Bertz CT molecular complexity index is 465. The molecule has 0 bridgehead atoms. The van der Waals surface area contributed by atoms with Gasteiger partial charge in [0.2, 0.25) is 0 Å². The average molecular weight is 266 g/mol. The van der Waals surface area contributed by atoms with E-state index in [1.54, 1.807) is 11.9 Å². The summed E-state index contributed by atoms with van der Waals surface area (Å²) in [5.74, 6) is -0.968. The Kier molecular flexibility index (Phi) is 4.03. The molecule has 0 spiro atoms. The summed E-state index contributed by atoms with van der Waals surface area (Å²) >= 11 is 0. The number of hydrogen-bond donors (Lipinski definition) is 2. The van der Waals surface area contributed by atoms with Crippen LogP contribution in [0.4, 0.5) is 10.5 Å². The van der Waals surface area contributed by atoms with Gasteiger partial charge in [0, 0.05) is 19.3 Å². The van der Waals surface area contributed by atoms with Crippen LogP contribution in [0.3, 0.4) is 0 Å². The van der Waals surface area contributed by atoms with Crippen molar-refractivity contribution >= 4 is 17.7 Å². The summed E-state index contributed by atoms with van der Waals surface area (Å²) in [7, 11) is 1.78. The smallest absolute Gasteiger partial charge is 0.325 e. The first-order chi connectivity index (χ1) is 9.06. The number of nitrogens with zero attached hydrogens (tertiary/aromatic N) is 3. The highest BCUT2D eigenvalue weighted by Gasteiger charge is 2.23. The molecule has 0 radical (unpaired) electrons. The lowest BCUT2D eigenvalue weighted by Crippen LogP contribution is -2.38. The standard InChI is InChI=1S/C12H18N4O3/c1-15(10-4-2-3-5-10)12(19)14-9-6-13-16(7-9)8-11(17)18/h6-7,10H,2-5,8H2,1H3,(H,14,19)(H,17,18). The average Bonchev–Trinajstić information content (AvgIpc) is 2.98. The van der Waals surface area contributed by atoms with Gasteiger partial charge in [-0.1, -0.05) is 12.8 Å². The van der Waals surface area contributed by atoms with Crippen molar-refractivity contribution in [2.75, 3.05) is 12.4 Å². The zero-order chi connectivity index (χ0) is 13.8. The number of carbonyl (C=O) groups is 2. The van der Waals surface area contributed by atoms with E-state index >= 15 is 0 Å². The van der Waals surface area contributed by atoms with E-state index in [1.807, 2.05) is 0 Å². The number of nitrogens with one attached hydrogen (secondary N) is 1. The lowest BCUT2D eigenvalue weighted by atomic mass is 10.2. The summed E-state index contributed by atoms with van der Waals surface area (Å²) < 4.78 is 1.27. The van der Waals surface area contributed by atoms with Gasteiger partial charge in [0.1, 0.15) is 6.54 Å². The molecular formula is C12H18N4O3. The second-order valence-corrected chi connectivity index (χ2v) is 4.80. The molecule has 1 aliphatic carbocycles. The van der Waals surface area contributed by atoms with Gasteiger partial charge < -0.3 is 15.3 Å². The number of aromatic nitrogens is 2. The molecule has 0 atom stereocenters. The molecule has 19 heavy (non-hydrogen) atoms. The van der Waals surface area contributed by atoms with Crippen LogP contribution in [0.1, 0.15) is 25.7 Å². The zero-order valence-corrected chi connectivity index (χ0v) is 10.9. The Balaban J connectivity index is 1.90. The fourth-order valence-corrected chi connectivity index (χ4v) is 2.32. The quantitative estimate of drug-likeness (QED) is 0.861. The van der Waals surface area contributed by atoms with Crippen molar-refractivity contribution in [3.63, 3.8) is 0 Å². The van der Waals surface area contributed by atoms with Crippen LogP contribution >= 0.6 is 0 Å². The Labute approximate surface area is 111 Å². The number of urea groups is 1. The van der Waals surface area contributed by atoms with E-state index in [4.69, 9.17) is 5.11 Å². The summed E-state index contributed by atoms with van der Waals surface area (Å²) in [5, 5.41) is 15.2. The molecule has 7 nitrogen and oxygen atoms in total. The van der Waals surface area contributed by atoms with Gasteiger partial charge in [-0.05, 0) is 12.8 Å². The third-order valence-corrected chi connectivity index (χ3v) is 3.37. The van der Waals surface area contributed by atoms with Crippen LogP contribution in [0.15, 0.2) is 12.4 Å². The van der Waals surface area contributed by atoms with Crippen LogP contribution in [0.25, 0.3) is 0 Å². The maximum absolute atomic E-state index is 12.0. The van der Waals surface area contributed by atoms with E-state index in [2.05, 4.69) is 10.4 Å². The number of rotatable bonds is 4. The molecule has 1 fully saturated rings.